The number of nitrogens with one attached hydrogen (secondary N) is 2. The number of rotatable bonds is 9. The van der Waals surface area contributed by atoms with Gasteiger partial charge >= 0.3 is 6.09 Å². The number of alkyl carbamates (subject to hydrolysis) is 1. The van der Waals surface area contributed by atoms with Crippen LogP contribution in [-0.4, -0.2) is 54.3 Å². The number of hydrogen-bond donors (Lipinski definition) is 2. The molecule has 2 N–H and O–H groups in total. The molecule has 4 aromatic rings. The number of pyridine rings is 1. The van der Waals surface area contributed by atoms with Crippen LogP contribution < -0.4 is 15.4 Å². The van der Waals surface area contributed by atoms with Crippen LogP contribution in [0.25, 0.3) is 22.0 Å². The van der Waals surface area contributed by atoms with Crippen LogP contribution in [0.2, 0.25) is 0 Å². The molecule has 10 nitrogen and oxygen atoms in total. The van der Waals surface area contributed by atoms with E-state index in [1.54, 1.807) is 31.2 Å². The van der Waals surface area contributed by atoms with Crippen molar-refractivity contribution in [2.75, 3.05) is 12.4 Å². The number of aryl methyl sites for hydroxylation is 2. The first-order chi connectivity index (χ1) is 21.8. The van der Waals surface area contributed by atoms with Crippen molar-refractivity contribution >= 4 is 32.8 Å². The molecular formula is C35H43N5O5S. The molecule has 11 heteroatoms. The number of ether oxygens (including phenoxy) is 2. The Hall–Kier alpha value is -4.25. The Morgan fingerprint density at radius 3 is 2.39 bits per heavy atom. The number of methoxy groups -OCH3 is 1. The zero-order valence-corrected chi connectivity index (χ0v) is 28.2. The van der Waals surface area contributed by atoms with Gasteiger partial charge in [0.2, 0.25) is 11.8 Å². The molecule has 5 rings (SSSR count). The summed E-state index contributed by atoms with van der Waals surface area (Å²) in [6.45, 7) is 9.45. The van der Waals surface area contributed by atoms with Crippen molar-refractivity contribution in [2.24, 2.45) is 0 Å². The first-order valence-electron chi connectivity index (χ1n) is 15.7. The summed E-state index contributed by atoms with van der Waals surface area (Å²) < 4.78 is 37.3. The fraction of sp³-hybridized carbons (Fsp3) is 0.429. The predicted molar refractivity (Wildman–Crippen MR) is 180 cm³/mol. The van der Waals surface area contributed by atoms with Gasteiger partial charge in [0.15, 0.2) is 9.84 Å². The minimum Gasteiger partial charge on any atom is -0.481 e. The van der Waals surface area contributed by atoms with Gasteiger partial charge in [0.05, 0.1) is 29.0 Å². The van der Waals surface area contributed by atoms with Crippen molar-refractivity contribution in [3.05, 3.63) is 71.5 Å². The van der Waals surface area contributed by atoms with Gasteiger partial charge in [-0.05, 0) is 107 Å². The summed E-state index contributed by atoms with van der Waals surface area (Å²) in [5.74, 6) is 0.713. The highest BCUT2D eigenvalue weighted by Crippen LogP contribution is 2.34. The quantitative estimate of drug-likeness (QED) is 0.202. The summed E-state index contributed by atoms with van der Waals surface area (Å²) >= 11 is 0. The molecule has 1 saturated carbocycles. The van der Waals surface area contributed by atoms with Crippen molar-refractivity contribution in [2.45, 2.75) is 95.1 Å². The summed E-state index contributed by atoms with van der Waals surface area (Å²) in [4.78, 5) is 26.6. The van der Waals surface area contributed by atoms with Crippen molar-refractivity contribution in [3.63, 3.8) is 0 Å². The minimum atomic E-state index is -3.58. The first kappa shape index (κ1) is 33.1. The van der Waals surface area contributed by atoms with Crippen molar-refractivity contribution in [3.8, 4) is 17.0 Å². The lowest BCUT2D eigenvalue weighted by Crippen LogP contribution is -2.42. The molecule has 46 heavy (non-hydrogen) atoms. The second-order valence-electron chi connectivity index (χ2n) is 12.8. The number of carbonyl (C=O) groups excluding carboxylic acids is 1. The van der Waals surface area contributed by atoms with Gasteiger partial charge in [-0.25, -0.2) is 28.2 Å². The largest absolute Gasteiger partial charge is 0.481 e. The highest BCUT2D eigenvalue weighted by atomic mass is 32.2. The standard InChI is InChI=1S/C35H43N5O5S/c1-7-23-18-24(29-17-16-28(37-32(29)44-6)21-46(42,43)30-11-9-8-10-22(30)2)19-25-20-36-33(40-31(23)25)38-26-12-14-27(15-13-26)39-34(41)45-35(3,4)5/h8-11,16-20,26-27H,7,12-15,21H2,1-6H3,(H,39,41)(H,36,38,40). The maximum atomic E-state index is 13.1. The molecule has 0 saturated heterocycles. The number of carbonyl (C=O) groups is 1. The summed E-state index contributed by atoms with van der Waals surface area (Å²) in [6, 6.07) is 14.9. The van der Waals surface area contributed by atoms with Crippen LogP contribution in [0.1, 0.15) is 70.2 Å². The van der Waals surface area contributed by atoms with Crippen LogP contribution in [0.4, 0.5) is 10.7 Å². The normalized spacial score (nSPS) is 17.0. The highest BCUT2D eigenvalue weighted by Gasteiger charge is 2.25. The third kappa shape index (κ3) is 7.93. The Kier molecular flexibility index (Phi) is 9.81. The maximum Gasteiger partial charge on any atom is 0.407 e. The lowest BCUT2D eigenvalue weighted by molar-refractivity contribution is 0.0492. The number of hydrogen-bond acceptors (Lipinski definition) is 9. The van der Waals surface area contributed by atoms with E-state index in [9.17, 15) is 13.2 Å². The van der Waals surface area contributed by atoms with E-state index in [0.29, 0.717) is 28.0 Å². The third-order valence-corrected chi connectivity index (χ3v) is 9.92. The molecule has 1 amide bonds. The number of aromatic nitrogens is 3. The summed E-state index contributed by atoms with van der Waals surface area (Å²) in [5, 5.41) is 7.37. The molecule has 0 radical (unpaired) electrons. The van der Waals surface area contributed by atoms with Gasteiger partial charge in [-0.15, -0.1) is 0 Å². The van der Waals surface area contributed by atoms with E-state index in [1.165, 1.54) is 7.11 Å². The molecule has 0 aliphatic heterocycles. The SMILES string of the molecule is CCc1cc(-c2ccc(CS(=O)(=O)c3ccccc3C)nc2OC)cc2cnc(NC3CCC(NC(=O)OC(C)(C)C)CC3)nc12. The molecule has 244 valence electrons. The number of amides is 1. The van der Waals surface area contributed by atoms with Crippen LogP contribution in [-0.2, 0) is 26.7 Å². The number of benzene rings is 2. The molecule has 0 atom stereocenters. The van der Waals surface area contributed by atoms with Gasteiger partial charge in [-0.3, -0.25) is 0 Å². The van der Waals surface area contributed by atoms with Gasteiger partial charge in [0, 0.05) is 29.2 Å². The Bertz CT molecular complexity index is 1830. The second-order valence-corrected chi connectivity index (χ2v) is 14.8. The Labute approximate surface area is 271 Å². The van der Waals surface area contributed by atoms with E-state index in [4.69, 9.17) is 14.5 Å². The molecule has 2 aromatic carbocycles. The van der Waals surface area contributed by atoms with Crippen molar-refractivity contribution in [1.29, 1.82) is 0 Å². The van der Waals surface area contributed by atoms with Crippen LogP contribution in [0.3, 0.4) is 0 Å². The van der Waals surface area contributed by atoms with Gasteiger partial charge < -0.3 is 20.1 Å². The molecule has 0 spiro atoms. The summed E-state index contributed by atoms with van der Waals surface area (Å²) in [7, 11) is -2.04. The van der Waals surface area contributed by atoms with E-state index in [0.717, 1.165) is 59.7 Å². The number of fused-ring (bicyclic) bond motifs is 1. The highest BCUT2D eigenvalue weighted by molar-refractivity contribution is 7.90. The predicted octanol–water partition coefficient (Wildman–Crippen LogP) is 6.79. The molecular weight excluding hydrogens is 602 g/mol. The van der Waals surface area contributed by atoms with Crippen LogP contribution in [0, 0.1) is 6.92 Å². The van der Waals surface area contributed by atoms with E-state index >= 15 is 0 Å². The van der Waals surface area contributed by atoms with Crippen LogP contribution in [0.15, 0.2) is 59.6 Å². The molecule has 2 aromatic heterocycles. The Morgan fingerprint density at radius 2 is 1.72 bits per heavy atom. The molecule has 1 aliphatic carbocycles. The van der Waals surface area contributed by atoms with Crippen molar-refractivity contribution < 1.29 is 22.7 Å². The fourth-order valence-corrected chi connectivity index (χ4v) is 7.42. The van der Waals surface area contributed by atoms with Gasteiger partial charge in [0.1, 0.15) is 5.60 Å². The Morgan fingerprint density at radius 1 is 1.00 bits per heavy atom. The van der Waals surface area contributed by atoms with Crippen LogP contribution in [0.5, 0.6) is 5.88 Å². The lowest BCUT2D eigenvalue weighted by atomic mass is 9.91. The molecule has 2 heterocycles. The topological polar surface area (TPSA) is 132 Å². The number of anilines is 1. The zero-order chi connectivity index (χ0) is 33.1. The minimum absolute atomic E-state index is 0.0912. The average molecular weight is 646 g/mol. The third-order valence-electron chi connectivity index (χ3n) is 8.11. The number of nitrogens with zero attached hydrogens (tertiary/aromatic N) is 3. The van der Waals surface area contributed by atoms with E-state index in [-0.39, 0.29) is 23.9 Å². The second kappa shape index (κ2) is 13.6. The van der Waals surface area contributed by atoms with E-state index in [2.05, 4.69) is 33.6 Å². The summed E-state index contributed by atoms with van der Waals surface area (Å²) in [6.07, 6.45) is 5.67. The smallest absolute Gasteiger partial charge is 0.407 e. The maximum absolute atomic E-state index is 13.1. The lowest BCUT2D eigenvalue weighted by Gasteiger charge is -2.30. The van der Waals surface area contributed by atoms with Gasteiger partial charge in [-0.1, -0.05) is 25.1 Å². The Balaban J connectivity index is 1.31. The molecule has 0 bridgehead atoms. The van der Waals surface area contributed by atoms with Gasteiger partial charge in [0.25, 0.3) is 0 Å². The molecule has 1 fully saturated rings. The fourth-order valence-electron chi connectivity index (χ4n) is 5.86. The van der Waals surface area contributed by atoms with Crippen molar-refractivity contribution in [1.82, 2.24) is 20.3 Å². The monoisotopic (exact) mass is 645 g/mol. The number of sulfone groups is 1. The van der Waals surface area contributed by atoms with E-state index < -0.39 is 15.4 Å². The average Bonchev–Trinajstić information content (AvgIpc) is 3.00. The first-order valence-corrected chi connectivity index (χ1v) is 17.4. The van der Waals surface area contributed by atoms with E-state index in [1.807, 2.05) is 45.2 Å². The molecule has 1 aliphatic rings. The zero-order valence-electron chi connectivity index (χ0n) is 27.4. The van der Waals surface area contributed by atoms with Crippen LogP contribution >= 0.6 is 0 Å². The summed E-state index contributed by atoms with van der Waals surface area (Å²) in [5.41, 5.74) is 4.17. The van der Waals surface area contributed by atoms with Gasteiger partial charge in [-0.2, -0.15) is 0 Å². The molecule has 0 unspecified atom stereocenters.